The second-order valence-electron chi connectivity index (χ2n) is 4.95. The van der Waals surface area contributed by atoms with Crippen LogP contribution in [0.3, 0.4) is 0 Å². The molecular formula is C16H20N2O3. The van der Waals surface area contributed by atoms with Gasteiger partial charge < -0.3 is 14.6 Å². The fraction of sp³-hybridized carbons (Fsp3) is 0.375. The Labute approximate surface area is 123 Å². The number of hydrogen-bond acceptors (Lipinski definition) is 2. The zero-order valence-electron chi connectivity index (χ0n) is 12.6. The normalized spacial score (nSPS) is 10.8. The molecule has 5 heteroatoms. The molecule has 5 nitrogen and oxygen atoms in total. The van der Waals surface area contributed by atoms with Gasteiger partial charge in [-0.1, -0.05) is 18.2 Å². The number of aryl methyl sites for hydroxylation is 1. The van der Waals surface area contributed by atoms with E-state index < -0.39 is 5.97 Å². The number of aromatic nitrogens is 1. The lowest BCUT2D eigenvalue weighted by atomic mass is 10.1. The van der Waals surface area contributed by atoms with Crippen LogP contribution in [0.1, 0.15) is 29.9 Å². The van der Waals surface area contributed by atoms with E-state index in [1.165, 1.54) is 0 Å². The molecule has 21 heavy (non-hydrogen) atoms. The second kappa shape index (κ2) is 5.99. The largest absolute Gasteiger partial charge is 0.477 e. The first-order valence-electron chi connectivity index (χ1n) is 7.10. The first-order chi connectivity index (χ1) is 10.0. The Kier molecular flexibility index (Phi) is 4.31. The molecule has 112 valence electrons. The SMILES string of the molecule is CCN(CC)C(=O)Cn1c(C(=O)O)c(C)c2ccccc21. The second-order valence-corrected chi connectivity index (χ2v) is 4.95. The van der Waals surface area contributed by atoms with Gasteiger partial charge in [-0.25, -0.2) is 4.79 Å². The Morgan fingerprint density at radius 1 is 1.19 bits per heavy atom. The molecule has 1 N–H and O–H groups in total. The average Bonchev–Trinajstić information content (AvgIpc) is 2.74. The number of amides is 1. The predicted molar refractivity (Wildman–Crippen MR) is 81.6 cm³/mol. The van der Waals surface area contributed by atoms with E-state index in [4.69, 9.17) is 0 Å². The summed E-state index contributed by atoms with van der Waals surface area (Å²) in [5.74, 6) is -1.07. The minimum absolute atomic E-state index is 0.0532. The highest BCUT2D eigenvalue weighted by Crippen LogP contribution is 2.25. The highest BCUT2D eigenvalue weighted by molar-refractivity contribution is 5.99. The minimum Gasteiger partial charge on any atom is -0.477 e. The van der Waals surface area contributed by atoms with E-state index in [2.05, 4.69) is 0 Å². The van der Waals surface area contributed by atoms with Crippen LogP contribution in [0.4, 0.5) is 0 Å². The van der Waals surface area contributed by atoms with Crippen molar-refractivity contribution < 1.29 is 14.7 Å². The van der Waals surface area contributed by atoms with Gasteiger partial charge >= 0.3 is 5.97 Å². The van der Waals surface area contributed by atoms with Crippen LogP contribution in [0.5, 0.6) is 0 Å². The molecule has 1 heterocycles. The molecule has 1 amide bonds. The lowest BCUT2D eigenvalue weighted by Gasteiger charge is -2.19. The number of carbonyl (C=O) groups is 2. The maximum absolute atomic E-state index is 12.3. The van der Waals surface area contributed by atoms with Crippen molar-refractivity contribution in [1.29, 1.82) is 0 Å². The van der Waals surface area contributed by atoms with Crippen molar-refractivity contribution in [2.45, 2.75) is 27.3 Å². The number of carboxylic acid groups (broad SMARTS) is 1. The zero-order valence-corrected chi connectivity index (χ0v) is 12.6. The maximum atomic E-state index is 12.3. The molecule has 2 aromatic rings. The molecule has 2 rings (SSSR count). The number of rotatable bonds is 5. The number of hydrogen-bond donors (Lipinski definition) is 1. The summed E-state index contributed by atoms with van der Waals surface area (Å²) >= 11 is 0. The molecule has 0 aliphatic heterocycles. The molecule has 0 saturated heterocycles. The Hall–Kier alpha value is -2.30. The zero-order chi connectivity index (χ0) is 15.6. The van der Waals surface area contributed by atoms with E-state index in [1.54, 1.807) is 16.4 Å². The topological polar surface area (TPSA) is 62.5 Å². The van der Waals surface area contributed by atoms with Crippen LogP contribution in [0.25, 0.3) is 10.9 Å². The van der Waals surface area contributed by atoms with Gasteiger partial charge in [0.25, 0.3) is 0 Å². The molecule has 1 aromatic carbocycles. The summed E-state index contributed by atoms with van der Waals surface area (Å²) in [6, 6.07) is 7.46. The molecule has 0 bridgehead atoms. The summed E-state index contributed by atoms with van der Waals surface area (Å²) in [6.45, 7) is 6.91. The number of carbonyl (C=O) groups excluding carboxylic acids is 1. The van der Waals surface area contributed by atoms with Gasteiger partial charge in [-0.15, -0.1) is 0 Å². The number of carboxylic acids is 1. The molecule has 0 radical (unpaired) electrons. The van der Waals surface area contributed by atoms with E-state index in [0.29, 0.717) is 18.7 Å². The lowest BCUT2D eigenvalue weighted by Crippen LogP contribution is -2.34. The molecule has 0 fully saturated rings. The van der Waals surface area contributed by atoms with Crippen molar-refractivity contribution in [2.75, 3.05) is 13.1 Å². The average molecular weight is 288 g/mol. The van der Waals surface area contributed by atoms with E-state index in [-0.39, 0.29) is 18.1 Å². The smallest absolute Gasteiger partial charge is 0.352 e. The van der Waals surface area contributed by atoms with Gasteiger partial charge in [-0.2, -0.15) is 0 Å². The Bertz CT molecular complexity index is 684. The molecule has 0 aliphatic rings. The van der Waals surface area contributed by atoms with Gasteiger partial charge in [-0.05, 0) is 32.4 Å². The number of nitrogens with zero attached hydrogens (tertiary/aromatic N) is 2. The van der Waals surface area contributed by atoms with Crippen LogP contribution in [0.2, 0.25) is 0 Å². The van der Waals surface area contributed by atoms with Gasteiger partial charge in [0.1, 0.15) is 12.2 Å². The lowest BCUT2D eigenvalue weighted by molar-refractivity contribution is -0.131. The highest BCUT2D eigenvalue weighted by atomic mass is 16.4. The molecule has 0 unspecified atom stereocenters. The molecule has 0 aliphatic carbocycles. The van der Waals surface area contributed by atoms with Crippen molar-refractivity contribution in [3.05, 3.63) is 35.5 Å². The number of likely N-dealkylation sites (N-methyl/N-ethyl adjacent to an activating group) is 1. The molecule has 0 atom stereocenters. The first-order valence-corrected chi connectivity index (χ1v) is 7.10. The summed E-state index contributed by atoms with van der Waals surface area (Å²) in [6.07, 6.45) is 0. The predicted octanol–water partition coefficient (Wildman–Crippen LogP) is 2.52. The van der Waals surface area contributed by atoms with Crippen LogP contribution < -0.4 is 0 Å². The summed E-state index contributed by atoms with van der Waals surface area (Å²) in [7, 11) is 0. The van der Waals surface area contributed by atoms with Crippen molar-refractivity contribution in [2.24, 2.45) is 0 Å². The minimum atomic E-state index is -1.00. The van der Waals surface area contributed by atoms with Crippen LogP contribution >= 0.6 is 0 Å². The fourth-order valence-corrected chi connectivity index (χ4v) is 2.73. The maximum Gasteiger partial charge on any atom is 0.352 e. The number of aromatic carboxylic acids is 1. The van der Waals surface area contributed by atoms with Gasteiger partial charge in [0.05, 0.1) is 0 Å². The summed E-state index contributed by atoms with van der Waals surface area (Å²) in [4.78, 5) is 25.6. The van der Waals surface area contributed by atoms with Crippen molar-refractivity contribution in [1.82, 2.24) is 9.47 Å². The summed E-state index contributed by atoms with van der Waals surface area (Å²) in [5.41, 5.74) is 1.68. The van der Waals surface area contributed by atoms with Crippen LogP contribution in [-0.2, 0) is 11.3 Å². The van der Waals surface area contributed by atoms with E-state index in [0.717, 1.165) is 10.9 Å². The van der Waals surface area contributed by atoms with E-state index in [1.807, 2.05) is 38.1 Å². The Morgan fingerprint density at radius 3 is 2.38 bits per heavy atom. The number of fused-ring (bicyclic) bond motifs is 1. The Morgan fingerprint density at radius 2 is 1.81 bits per heavy atom. The fourth-order valence-electron chi connectivity index (χ4n) is 2.73. The van der Waals surface area contributed by atoms with Crippen LogP contribution in [0, 0.1) is 6.92 Å². The monoisotopic (exact) mass is 288 g/mol. The molecular weight excluding hydrogens is 268 g/mol. The molecule has 1 aromatic heterocycles. The number of para-hydroxylation sites is 1. The molecule has 0 saturated carbocycles. The molecule has 0 spiro atoms. The third-order valence-electron chi connectivity index (χ3n) is 3.84. The van der Waals surface area contributed by atoms with Gasteiger partial charge in [-0.3, -0.25) is 4.79 Å². The van der Waals surface area contributed by atoms with Crippen molar-refractivity contribution >= 4 is 22.8 Å². The van der Waals surface area contributed by atoms with Crippen molar-refractivity contribution in [3.8, 4) is 0 Å². The summed E-state index contributed by atoms with van der Waals surface area (Å²) in [5, 5.41) is 10.3. The van der Waals surface area contributed by atoms with Gasteiger partial charge in [0.2, 0.25) is 5.91 Å². The van der Waals surface area contributed by atoms with Crippen molar-refractivity contribution in [3.63, 3.8) is 0 Å². The van der Waals surface area contributed by atoms with Crippen LogP contribution in [-0.4, -0.2) is 39.5 Å². The Balaban J connectivity index is 2.54. The highest BCUT2D eigenvalue weighted by Gasteiger charge is 2.22. The van der Waals surface area contributed by atoms with E-state index in [9.17, 15) is 14.7 Å². The summed E-state index contributed by atoms with van der Waals surface area (Å²) < 4.78 is 1.60. The number of benzene rings is 1. The first kappa shape index (κ1) is 15.1. The third kappa shape index (κ3) is 2.63. The van der Waals surface area contributed by atoms with Gasteiger partial charge in [0, 0.05) is 24.0 Å². The van der Waals surface area contributed by atoms with E-state index >= 15 is 0 Å². The quantitative estimate of drug-likeness (QED) is 0.919. The van der Waals surface area contributed by atoms with Gasteiger partial charge in [0.15, 0.2) is 0 Å². The van der Waals surface area contributed by atoms with Crippen LogP contribution in [0.15, 0.2) is 24.3 Å². The third-order valence-corrected chi connectivity index (χ3v) is 3.84. The standard InChI is InChI=1S/C16H20N2O3/c1-4-17(5-2)14(19)10-18-13-9-7-6-8-12(13)11(3)15(18)16(20)21/h6-9H,4-5,10H2,1-3H3,(H,20,21).